The molecule has 3 aromatic rings. The van der Waals surface area contributed by atoms with Gasteiger partial charge in [-0.2, -0.15) is 0 Å². The number of nitro benzene ring substituents is 1. The molecule has 1 amide bonds. The van der Waals surface area contributed by atoms with Crippen molar-refractivity contribution in [3.05, 3.63) is 93.1 Å². The highest BCUT2D eigenvalue weighted by molar-refractivity contribution is 8.26. The summed E-state index contributed by atoms with van der Waals surface area (Å²) in [6.07, 6.45) is 1.48. The van der Waals surface area contributed by atoms with Gasteiger partial charge in [0.05, 0.1) is 9.83 Å². The van der Waals surface area contributed by atoms with Gasteiger partial charge in [0.1, 0.15) is 15.8 Å². The lowest BCUT2D eigenvalue weighted by atomic mass is 10.1. The van der Waals surface area contributed by atoms with Crippen LogP contribution in [-0.2, 0) is 9.59 Å². The Bertz CT molecular complexity index is 1270. The average Bonchev–Trinajstić information content (AvgIpc) is 3.35. The molecule has 1 N–H and O–H groups in total. The highest BCUT2D eigenvalue weighted by atomic mass is 32.2. The largest absolute Gasteiger partial charge is 0.479 e. The van der Waals surface area contributed by atoms with Gasteiger partial charge >= 0.3 is 5.97 Å². The van der Waals surface area contributed by atoms with Crippen LogP contribution in [0.1, 0.15) is 17.4 Å². The van der Waals surface area contributed by atoms with Gasteiger partial charge in [-0.05, 0) is 17.7 Å². The van der Waals surface area contributed by atoms with E-state index in [4.69, 9.17) is 16.6 Å². The van der Waals surface area contributed by atoms with Crippen LogP contribution < -0.4 is 0 Å². The van der Waals surface area contributed by atoms with Gasteiger partial charge in [-0.1, -0.05) is 66.4 Å². The number of non-ortho nitro benzene ring substituents is 1. The molecule has 1 saturated heterocycles. The van der Waals surface area contributed by atoms with Crippen molar-refractivity contribution < 1.29 is 24.0 Å². The maximum atomic E-state index is 13.0. The number of nitrogens with zero attached hydrogens (tertiary/aromatic N) is 2. The third kappa shape index (κ3) is 4.18. The predicted octanol–water partition coefficient (Wildman–Crippen LogP) is 4.88. The lowest BCUT2D eigenvalue weighted by molar-refractivity contribution is -0.384. The van der Waals surface area contributed by atoms with Crippen LogP contribution in [0.25, 0.3) is 17.4 Å². The predicted molar refractivity (Wildman–Crippen MR) is 123 cm³/mol. The summed E-state index contributed by atoms with van der Waals surface area (Å²) >= 11 is 6.28. The number of carboxylic acids is 1. The van der Waals surface area contributed by atoms with Gasteiger partial charge in [0, 0.05) is 23.8 Å². The zero-order valence-electron chi connectivity index (χ0n) is 16.2. The van der Waals surface area contributed by atoms with Crippen LogP contribution in [0.4, 0.5) is 5.69 Å². The van der Waals surface area contributed by atoms with Gasteiger partial charge in [-0.25, -0.2) is 4.79 Å². The standard InChI is InChI=1S/C22H14N2O6S2/c25-20-18(32-22(31)23(20)19(21(26)27)13-5-2-1-3-6-13)12-16-9-10-17(30-16)14-7-4-8-15(11-14)24(28)29/h1-12,19H,(H,26,27)/b18-12-/t19-/m0/s1. The lowest BCUT2D eigenvalue weighted by Gasteiger charge is -2.23. The summed E-state index contributed by atoms with van der Waals surface area (Å²) in [6, 6.07) is 16.4. The Morgan fingerprint density at radius 1 is 1.16 bits per heavy atom. The number of rotatable bonds is 6. The molecule has 1 aliphatic rings. The third-order valence-electron chi connectivity index (χ3n) is 4.67. The van der Waals surface area contributed by atoms with Crippen LogP contribution in [0, 0.1) is 10.1 Å². The minimum absolute atomic E-state index is 0.0676. The molecule has 1 aromatic heterocycles. The molecule has 0 spiro atoms. The number of hydrogen-bond acceptors (Lipinski definition) is 7. The van der Waals surface area contributed by atoms with Crippen molar-refractivity contribution >= 4 is 51.9 Å². The second-order valence-electron chi connectivity index (χ2n) is 6.71. The second-order valence-corrected chi connectivity index (χ2v) is 8.39. The number of aliphatic carboxylic acids is 1. The normalized spacial score (nSPS) is 15.9. The first-order valence-corrected chi connectivity index (χ1v) is 10.5. The molecule has 10 heteroatoms. The summed E-state index contributed by atoms with van der Waals surface area (Å²) in [4.78, 5) is 36.7. The van der Waals surface area contributed by atoms with Crippen molar-refractivity contribution in [1.82, 2.24) is 4.90 Å². The first kappa shape index (κ1) is 21.5. The fourth-order valence-corrected chi connectivity index (χ4v) is 4.52. The molecule has 32 heavy (non-hydrogen) atoms. The van der Waals surface area contributed by atoms with E-state index >= 15 is 0 Å². The van der Waals surface area contributed by atoms with Gasteiger partial charge in [-0.15, -0.1) is 0 Å². The molecular formula is C22H14N2O6S2. The van der Waals surface area contributed by atoms with Crippen molar-refractivity contribution in [2.24, 2.45) is 0 Å². The number of thiocarbonyl (C=S) groups is 1. The summed E-state index contributed by atoms with van der Waals surface area (Å²) in [7, 11) is 0. The summed E-state index contributed by atoms with van der Waals surface area (Å²) < 4.78 is 5.86. The molecular weight excluding hydrogens is 452 g/mol. The van der Waals surface area contributed by atoms with E-state index in [0.29, 0.717) is 22.6 Å². The number of carboxylic acid groups (broad SMARTS) is 1. The van der Waals surface area contributed by atoms with Crippen molar-refractivity contribution in [3.63, 3.8) is 0 Å². The minimum Gasteiger partial charge on any atom is -0.479 e. The number of amides is 1. The number of carbonyl (C=O) groups excluding carboxylic acids is 1. The topological polar surface area (TPSA) is 114 Å². The highest BCUT2D eigenvalue weighted by Gasteiger charge is 2.41. The van der Waals surface area contributed by atoms with Gasteiger partial charge in [-0.3, -0.25) is 19.8 Å². The highest BCUT2D eigenvalue weighted by Crippen LogP contribution is 2.39. The Balaban J connectivity index is 1.62. The maximum Gasteiger partial charge on any atom is 0.331 e. The minimum atomic E-state index is -1.24. The fourth-order valence-electron chi connectivity index (χ4n) is 3.23. The first-order valence-electron chi connectivity index (χ1n) is 9.24. The summed E-state index contributed by atoms with van der Waals surface area (Å²) in [5, 5.41) is 20.7. The Labute approximate surface area is 191 Å². The Hall–Kier alpha value is -3.76. The molecule has 0 bridgehead atoms. The van der Waals surface area contributed by atoms with Gasteiger partial charge < -0.3 is 9.52 Å². The molecule has 1 aliphatic heterocycles. The molecule has 160 valence electrons. The van der Waals surface area contributed by atoms with E-state index in [1.807, 2.05) is 0 Å². The molecule has 0 unspecified atom stereocenters. The molecule has 2 aromatic carbocycles. The van der Waals surface area contributed by atoms with E-state index in [2.05, 4.69) is 0 Å². The van der Waals surface area contributed by atoms with Crippen molar-refractivity contribution in [2.75, 3.05) is 0 Å². The van der Waals surface area contributed by atoms with Crippen LogP contribution in [0.2, 0.25) is 0 Å². The van der Waals surface area contributed by atoms with Crippen molar-refractivity contribution in [1.29, 1.82) is 0 Å². The summed E-state index contributed by atoms with van der Waals surface area (Å²) in [5.74, 6) is -1.01. The van der Waals surface area contributed by atoms with Crippen molar-refractivity contribution in [2.45, 2.75) is 6.04 Å². The molecule has 1 fully saturated rings. The zero-order chi connectivity index (χ0) is 22.8. The van der Waals surface area contributed by atoms with Crippen LogP contribution in [0.5, 0.6) is 0 Å². The molecule has 0 saturated carbocycles. The zero-order valence-corrected chi connectivity index (χ0v) is 17.8. The first-order chi connectivity index (χ1) is 15.3. The van der Waals surface area contributed by atoms with E-state index in [1.54, 1.807) is 54.6 Å². The van der Waals surface area contributed by atoms with Gasteiger partial charge in [0.2, 0.25) is 0 Å². The Morgan fingerprint density at radius 3 is 2.59 bits per heavy atom. The van der Waals surface area contributed by atoms with Crippen molar-refractivity contribution in [3.8, 4) is 11.3 Å². The number of benzene rings is 2. The quantitative estimate of drug-likeness (QED) is 0.237. The lowest BCUT2D eigenvalue weighted by Crippen LogP contribution is -2.37. The number of carbonyl (C=O) groups is 2. The van der Waals surface area contributed by atoms with Crippen LogP contribution >= 0.6 is 24.0 Å². The number of thioether (sulfide) groups is 1. The smallest absolute Gasteiger partial charge is 0.331 e. The SMILES string of the molecule is O=C(O)[C@H](c1ccccc1)N1C(=O)/C(=C/c2ccc(-c3cccc([N+](=O)[O-])c3)o2)SC1=S. The number of hydrogen-bond donors (Lipinski definition) is 1. The summed E-state index contributed by atoms with van der Waals surface area (Å²) in [5.41, 5.74) is 0.881. The van der Waals surface area contributed by atoms with E-state index in [-0.39, 0.29) is 14.9 Å². The van der Waals surface area contributed by atoms with Crippen LogP contribution in [0.3, 0.4) is 0 Å². The van der Waals surface area contributed by atoms with E-state index < -0.39 is 22.8 Å². The monoisotopic (exact) mass is 466 g/mol. The maximum absolute atomic E-state index is 13.0. The Morgan fingerprint density at radius 2 is 1.91 bits per heavy atom. The van der Waals surface area contributed by atoms with Crippen LogP contribution in [0.15, 0.2) is 76.1 Å². The molecule has 4 rings (SSSR count). The van der Waals surface area contributed by atoms with E-state index in [0.717, 1.165) is 16.7 Å². The van der Waals surface area contributed by atoms with Gasteiger partial charge in [0.25, 0.3) is 11.6 Å². The third-order valence-corrected chi connectivity index (χ3v) is 6.00. The van der Waals surface area contributed by atoms with E-state index in [9.17, 15) is 24.8 Å². The number of nitro groups is 1. The Kier molecular flexibility index (Phi) is 5.89. The molecule has 0 aliphatic carbocycles. The number of furan rings is 1. The molecule has 2 heterocycles. The average molecular weight is 466 g/mol. The summed E-state index contributed by atoms with van der Waals surface area (Å²) in [6.45, 7) is 0. The fraction of sp³-hybridized carbons (Fsp3) is 0.0455. The molecule has 0 radical (unpaired) electrons. The molecule has 8 nitrogen and oxygen atoms in total. The molecule has 1 atom stereocenters. The van der Waals surface area contributed by atoms with Gasteiger partial charge in [0.15, 0.2) is 6.04 Å². The van der Waals surface area contributed by atoms with Crippen LogP contribution in [-0.4, -0.2) is 31.1 Å². The second kappa shape index (κ2) is 8.77. The van der Waals surface area contributed by atoms with E-state index in [1.165, 1.54) is 18.2 Å².